The number of nitrogens with zero attached hydrogens (tertiary/aromatic N) is 2. The zero-order valence-corrected chi connectivity index (χ0v) is 9.60. The summed E-state index contributed by atoms with van der Waals surface area (Å²) in [5.74, 6) is 1.55. The van der Waals surface area contributed by atoms with Gasteiger partial charge in [-0.15, -0.1) is 10.2 Å². The van der Waals surface area contributed by atoms with E-state index in [1.165, 1.54) is 17.8 Å². The van der Waals surface area contributed by atoms with E-state index in [9.17, 15) is 0 Å². The van der Waals surface area contributed by atoms with Crippen LogP contribution in [0.15, 0.2) is 0 Å². The Bertz CT molecular complexity index is 297. The van der Waals surface area contributed by atoms with Gasteiger partial charge in [0, 0.05) is 12.5 Å². The highest BCUT2D eigenvalue weighted by Gasteiger charge is 2.36. The van der Waals surface area contributed by atoms with Gasteiger partial charge in [0.2, 0.25) is 0 Å². The molecule has 2 unspecified atom stereocenters. The van der Waals surface area contributed by atoms with Crippen LogP contribution in [0.4, 0.5) is 0 Å². The van der Waals surface area contributed by atoms with E-state index in [-0.39, 0.29) is 0 Å². The third-order valence-corrected chi connectivity index (χ3v) is 3.67. The molecule has 1 fully saturated rings. The van der Waals surface area contributed by atoms with E-state index >= 15 is 0 Å². The molecule has 2 atom stereocenters. The molecule has 1 N–H and O–H groups in total. The second kappa shape index (κ2) is 4.36. The zero-order valence-electron chi connectivity index (χ0n) is 8.79. The van der Waals surface area contributed by atoms with E-state index in [4.69, 9.17) is 0 Å². The Balaban J connectivity index is 1.84. The van der Waals surface area contributed by atoms with Gasteiger partial charge in [-0.1, -0.05) is 25.2 Å². The number of hydrogen-bond acceptors (Lipinski definition) is 4. The molecule has 0 saturated heterocycles. The van der Waals surface area contributed by atoms with E-state index in [0.717, 1.165) is 24.0 Å². The second-order valence-corrected chi connectivity index (χ2v) is 5.12. The fourth-order valence-corrected chi connectivity index (χ4v) is 2.58. The fraction of sp³-hybridized carbons (Fsp3) is 0.800. The van der Waals surface area contributed by atoms with Crippen LogP contribution in [0, 0.1) is 5.92 Å². The van der Waals surface area contributed by atoms with Gasteiger partial charge in [0.05, 0.1) is 0 Å². The van der Waals surface area contributed by atoms with Crippen molar-refractivity contribution in [3.63, 3.8) is 0 Å². The summed E-state index contributed by atoms with van der Waals surface area (Å²) in [5, 5.41) is 14.1. The fourth-order valence-electron chi connectivity index (χ4n) is 1.53. The van der Waals surface area contributed by atoms with E-state index in [2.05, 4.69) is 29.4 Å². The smallest absolute Gasteiger partial charge is 0.131 e. The minimum atomic E-state index is 0.715. The van der Waals surface area contributed by atoms with Gasteiger partial charge in [-0.05, 0) is 25.3 Å². The molecule has 4 heteroatoms. The Morgan fingerprint density at radius 2 is 2.29 bits per heavy atom. The van der Waals surface area contributed by atoms with Crippen LogP contribution in [-0.4, -0.2) is 16.7 Å². The quantitative estimate of drug-likeness (QED) is 0.758. The molecule has 78 valence electrons. The molecule has 0 aromatic carbocycles. The number of hydrogen-bond donors (Lipinski definition) is 1. The predicted molar refractivity (Wildman–Crippen MR) is 58.4 cm³/mol. The summed E-state index contributed by atoms with van der Waals surface area (Å²) >= 11 is 1.77. The summed E-state index contributed by atoms with van der Waals surface area (Å²) in [6.07, 6.45) is 2.47. The summed E-state index contributed by atoms with van der Waals surface area (Å²) in [5.41, 5.74) is 0. The van der Waals surface area contributed by atoms with Gasteiger partial charge < -0.3 is 5.32 Å². The monoisotopic (exact) mass is 211 g/mol. The van der Waals surface area contributed by atoms with Crippen molar-refractivity contribution in [2.75, 3.05) is 6.54 Å². The highest BCUT2D eigenvalue weighted by Crippen LogP contribution is 2.47. The van der Waals surface area contributed by atoms with Crippen molar-refractivity contribution in [3.8, 4) is 0 Å². The summed E-state index contributed by atoms with van der Waals surface area (Å²) in [4.78, 5) is 0. The molecule has 14 heavy (non-hydrogen) atoms. The Kier molecular flexibility index (Phi) is 3.13. The normalized spacial score (nSPS) is 25.3. The van der Waals surface area contributed by atoms with Crippen LogP contribution in [0.3, 0.4) is 0 Å². The molecule has 0 amide bonds. The van der Waals surface area contributed by atoms with E-state index in [1.54, 1.807) is 11.3 Å². The zero-order chi connectivity index (χ0) is 9.97. The van der Waals surface area contributed by atoms with Gasteiger partial charge >= 0.3 is 0 Å². The first-order valence-corrected chi connectivity index (χ1v) is 6.16. The van der Waals surface area contributed by atoms with Crippen molar-refractivity contribution in [1.29, 1.82) is 0 Å². The lowest BCUT2D eigenvalue weighted by Crippen LogP contribution is -2.13. The summed E-state index contributed by atoms with van der Waals surface area (Å²) in [7, 11) is 0. The third kappa shape index (κ3) is 2.30. The van der Waals surface area contributed by atoms with Gasteiger partial charge in [-0.3, -0.25) is 0 Å². The first-order chi connectivity index (χ1) is 6.81. The highest BCUT2D eigenvalue weighted by atomic mass is 32.1. The summed E-state index contributed by atoms with van der Waals surface area (Å²) < 4.78 is 0. The molecule has 1 aromatic rings. The molecular formula is C10H17N3S. The first kappa shape index (κ1) is 10.1. The van der Waals surface area contributed by atoms with Crippen molar-refractivity contribution in [3.05, 3.63) is 10.0 Å². The highest BCUT2D eigenvalue weighted by molar-refractivity contribution is 7.11. The average molecular weight is 211 g/mol. The van der Waals surface area contributed by atoms with Crippen molar-refractivity contribution in [2.24, 2.45) is 5.92 Å². The average Bonchev–Trinajstić information content (AvgIpc) is 2.74. The maximum absolute atomic E-state index is 4.24. The Morgan fingerprint density at radius 1 is 1.50 bits per heavy atom. The van der Waals surface area contributed by atoms with Gasteiger partial charge in [-0.25, -0.2) is 0 Å². The van der Waals surface area contributed by atoms with E-state index in [1.807, 2.05) is 0 Å². The predicted octanol–water partition coefficient (Wildman–Crippen LogP) is 2.16. The molecule has 0 aliphatic heterocycles. The summed E-state index contributed by atoms with van der Waals surface area (Å²) in [6.45, 7) is 6.40. The molecule has 1 heterocycles. The molecule has 1 aromatic heterocycles. The molecule has 0 radical (unpaired) electrons. The first-order valence-electron chi connectivity index (χ1n) is 5.34. The van der Waals surface area contributed by atoms with E-state index in [0.29, 0.717) is 5.92 Å². The lowest BCUT2D eigenvalue weighted by Gasteiger charge is -1.96. The van der Waals surface area contributed by atoms with Crippen LogP contribution in [0.5, 0.6) is 0 Å². The van der Waals surface area contributed by atoms with Crippen LogP contribution >= 0.6 is 11.3 Å². The lowest BCUT2D eigenvalue weighted by atomic mass is 10.4. The molecule has 2 rings (SSSR count). The number of nitrogens with one attached hydrogen (secondary N) is 1. The standard InChI is InChI=1S/C10H17N3S/c1-3-4-11-6-9-12-13-10(14-9)8-5-7(8)2/h7-8,11H,3-6H2,1-2H3. The molecule has 1 aliphatic rings. The maximum atomic E-state index is 4.24. The van der Waals surface area contributed by atoms with Crippen molar-refractivity contribution in [2.45, 2.75) is 39.2 Å². The van der Waals surface area contributed by atoms with Crippen LogP contribution in [0.2, 0.25) is 0 Å². The minimum absolute atomic E-state index is 0.715. The molecule has 0 bridgehead atoms. The van der Waals surface area contributed by atoms with Crippen LogP contribution < -0.4 is 5.32 Å². The van der Waals surface area contributed by atoms with Gasteiger partial charge in [0.1, 0.15) is 10.0 Å². The SMILES string of the molecule is CCCNCc1nnc(C2CC2C)s1. The molecular weight excluding hydrogens is 194 g/mol. The second-order valence-electron chi connectivity index (χ2n) is 4.03. The number of rotatable bonds is 5. The van der Waals surface area contributed by atoms with Crippen LogP contribution in [0.25, 0.3) is 0 Å². The molecule has 0 spiro atoms. The van der Waals surface area contributed by atoms with Crippen LogP contribution in [-0.2, 0) is 6.54 Å². The van der Waals surface area contributed by atoms with E-state index < -0.39 is 0 Å². The van der Waals surface area contributed by atoms with Crippen molar-refractivity contribution < 1.29 is 0 Å². The van der Waals surface area contributed by atoms with Gasteiger partial charge in [0.25, 0.3) is 0 Å². The Morgan fingerprint density at radius 3 is 2.93 bits per heavy atom. The topological polar surface area (TPSA) is 37.8 Å². The lowest BCUT2D eigenvalue weighted by molar-refractivity contribution is 0.667. The van der Waals surface area contributed by atoms with Crippen LogP contribution in [0.1, 0.15) is 42.6 Å². The molecule has 1 aliphatic carbocycles. The minimum Gasteiger partial charge on any atom is -0.310 e. The molecule has 1 saturated carbocycles. The third-order valence-electron chi connectivity index (χ3n) is 2.61. The Labute approximate surface area is 88.9 Å². The van der Waals surface area contributed by atoms with Crippen molar-refractivity contribution in [1.82, 2.24) is 15.5 Å². The summed E-state index contributed by atoms with van der Waals surface area (Å²) in [6, 6.07) is 0. The largest absolute Gasteiger partial charge is 0.310 e. The van der Waals surface area contributed by atoms with Gasteiger partial charge in [-0.2, -0.15) is 0 Å². The molecule has 3 nitrogen and oxygen atoms in total. The van der Waals surface area contributed by atoms with Crippen molar-refractivity contribution >= 4 is 11.3 Å². The van der Waals surface area contributed by atoms with Gasteiger partial charge in [0.15, 0.2) is 0 Å². The maximum Gasteiger partial charge on any atom is 0.131 e. The number of aromatic nitrogens is 2. The Hall–Kier alpha value is -0.480.